The number of nitrogens with zero attached hydrogens (tertiary/aromatic N) is 2. The number of carbonyl (C=O) groups excluding carboxylic acids is 2. The number of halogens is 2. The molecule has 2 aromatic rings. The minimum Gasteiger partial charge on any atom is -0.343 e. The highest BCUT2D eigenvalue weighted by Crippen LogP contribution is 2.12. The van der Waals surface area contributed by atoms with Gasteiger partial charge >= 0.3 is 6.03 Å². The lowest BCUT2D eigenvalue weighted by Gasteiger charge is -2.11. The van der Waals surface area contributed by atoms with Gasteiger partial charge in [0, 0.05) is 38.1 Å². The fourth-order valence-electron chi connectivity index (χ4n) is 2.10. The van der Waals surface area contributed by atoms with Crippen molar-refractivity contribution in [1.29, 1.82) is 0 Å². The summed E-state index contributed by atoms with van der Waals surface area (Å²) in [5, 5.41) is 5.05. The zero-order valence-electron chi connectivity index (χ0n) is 13.8. The molecule has 3 amide bonds. The summed E-state index contributed by atoms with van der Waals surface area (Å²) in [6.07, 6.45) is 1.42. The van der Waals surface area contributed by atoms with Crippen molar-refractivity contribution in [2.45, 2.75) is 6.42 Å². The van der Waals surface area contributed by atoms with Crippen LogP contribution in [0, 0.1) is 11.6 Å². The van der Waals surface area contributed by atoms with Crippen molar-refractivity contribution >= 4 is 17.6 Å². The van der Waals surface area contributed by atoms with Gasteiger partial charge in [0.15, 0.2) is 0 Å². The minimum atomic E-state index is -0.650. The lowest BCUT2D eigenvalue weighted by atomic mass is 10.1. The normalized spacial score (nSPS) is 10.2. The Bertz CT molecular complexity index is 761. The number of hydrogen-bond donors (Lipinski definition) is 2. The first kappa shape index (κ1) is 18.3. The van der Waals surface area contributed by atoms with Crippen LogP contribution in [0.5, 0.6) is 0 Å². The summed E-state index contributed by atoms with van der Waals surface area (Å²) >= 11 is 0. The van der Waals surface area contributed by atoms with Gasteiger partial charge in [0.2, 0.25) is 0 Å². The zero-order valence-corrected chi connectivity index (χ0v) is 13.8. The summed E-state index contributed by atoms with van der Waals surface area (Å²) in [6.45, 7) is 0.0538. The summed E-state index contributed by atoms with van der Waals surface area (Å²) in [7, 11) is 3.19. The molecule has 132 valence electrons. The fourth-order valence-corrected chi connectivity index (χ4v) is 2.10. The maximum atomic E-state index is 13.5. The van der Waals surface area contributed by atoms with Gasteiger partial charge in [0.25, 0.3) is 5.91 Å². The molecule has 1 heterocycles. The van der Waals surface area contributed by atoms with Gasteiger partial charge in [0.1, 0.15) is 17.3 Å². The van der Waals surface area contributed by atoms with E-state index in [-0.39, 0.29) is 30.1 Å². The van der Waals surface area contributed by atoms with Gasteiger partial charge in [0.05, 0.1) is 0 Å². The average Bonchev–Trinajstić information content (AvgIpc) is 2.57. The van der Waals surface area contributed by atoms with E-state index in [9.17, 15) is 18.4 Å². The molecule has 0 fully saturated rings. The van der Waals surface area contributed by atoms with Gasteiger partial charge in [-0.1, -0.05) is 6.07 Å². The quantitative estimate of drug-likeness (QED) is 0.871. The van der Waals surface area contributed by atoms with E-state index in [0.29, 0.717) is 5.69 Å². The van der Waals surface area contributed by atoms with Crippen LogP contribution in [0.3, 0.4) is 0 Å². The van der Waals surface area contributed by atoms with E-state index in [0.717, 1.165) is 0 Å². The van der Waals surface area contributed by atoms with E-state index in [2.05, 4.69) is 15.6 Å². The first-order valence-corrected chi connectivity index (χ1v) is 7.54. The van der Waals surface area contributed by atoms with Crippen LogP contribution in [0.15, 0.2) is 36.5 Å². The van der Waals surface area contributed by atoms with Gasteiger partial charge in [-0.05, 0) is 30.7 Å². The number of rotatable bonds is 5. The minimum absolute atomic E-state index is 0.0205. The second-order valence-corrected chi connectivity index (χ2v) is 5.46. The van der Waals surface area contributed by atoms with Crippen molar-refractivity contribution in [3.05, 3.63) is 59.4 Å². The zero-order chi connectivity index (χ0) is 18.4. The molecule has 0 atom stereocenters. The highest BCUT2D eigenvalue weighted by Gasteiger charge is 2.12. The Labute approximate surface area is 143 Å². The molecule has 1 aromatic carbocycles. The molecule has 6 nitrogen and oxygen atoms in total. The molecule has 0 aliphatic heterocycles. The smallest absolute Gasteiger partial charge is 0.319 e. The molecule has 0 aliphatic carbocycles. The molecule has 0 radical (unpaired) electrons. The second kappa shape index (κ2) is 8.18. The molecule has 1 aromatic heterocycles. The number of pyridine rings is 1. The Morgan fingerprint density at radius 1 is 1.16 bits per heavy atom. The molecule has 25 heavy (non-hydrogen) atoms. The van der Waals surface area contributed by atoms with Gasteiger partial charge < -0.3 is 15.5 Å². The van der Waals surface area contributed by atoms with E-state index in [1.54, 1.807) is 14.1 Å². The molecule has 0 saturated carbocycles. The first-order valence-electron chi connectivity index (χ1n) is 7.54. The highest BCUT2D eigenvalue weighted by atomic mass is 19.1. The highest BCUT2D eigenvalue weighted by molar-refractivity contribution is 5.95. The molecule has 2 N–H and O–H groups in total. The fraction of sp³-hybridized carbons (Fsp3) is 0.235. The lowest BCUT2D eigenvalue weighted by molar-refractivity contribution is 0.0822. The van der Waals surface area contributed by atoms with E-state index in [1.807, 2.05) is 0 Å². The average molecular weight is 348 g/mol. The molecular weight excluding hydrogens is 330 g/mol. The molecule has 0 unspecified atom stereocenters. The van der Waals surface area contributed by atoms with Crippen LogP contribution in [0.4, 0.5) is 19.3 Å². The lowest BCUT2D eigenvalue weighted by Crippen LogP contribution is -2.31. The number of amides is 3. The maximum Gasteiger partial charge on any atom is 0.319 e. The summed E-state index contributed by atoms with van der Waals surface area (Å²) in [5.74, 6) is -1.59. The van der Waals surface area contributed by atoms with E-state index >= 15 is 0 Å². The molecule has 0 saturated heterocycles. The molecular formula is C17H18F2N4O2. The number of anilines is 1. The number of aromatic nitrogens is 1. The molecule has 0 bridgehead atoms. The number of urea groups is 1. The number of carbonyl (C=O) groups is 2. The van der Waals surface area contributed by atoms with Crippen molar-refractivity contribution in [2.24, 2.45) is 0 Å². The summed E-state index contributed by atoms with van der Waals surface area (Å²) in [4.78, 5) is 29.0. The van der Waals surface area contributed by atoms with Crippen LogP contribution in [0.2, 0.25) is 0 Å². The predicted octanol–water partition coefficient (Wildman–Crippen LogP) is 2.43. The van der Waals surface area contributed by atoms with Crippen molar-refractivity contribution < 1.29 is 18.4 Å². The topological polar surface area (TPSA) is 74.3 Å². The van der Waals surface area contributed by atoms with Crippen LogP contribution in [-0.2, 0) is 6.42 Å². The van der Waals surface area contributed by atoms with E-state index in [1.165, 1.54) is 41.4 Å². The molecule has 0 spiro atoms. The Balaban J connectivity index is 1.90. The Kier molecular flexibility index (Phi) is 5.99. The predicted molar refractivity (Wildman–Crippen MR) is 89.3 cm³/mol. The largest absolute Gasteiger partial charge is 0.343 e. The maximum absolute atomic E-state index is 13.5. The van der Waals surface area contributed by atoms with E-state index in [4.69, 9.17) is 0 Å². The van der Waals surface area contributed by atoms with Crippen LogP contribution < -0.4 is 10.6 Å². The third kappa shape index (κ3) is 4.97. The SMILES string of the molecule is CN(C)C(=O)c1cc(NC(=O)NCCc2c(F)cccc2F)ccn1. The van der Waals surface area contributed by atoms with Crippen molar-refractivity contribution in [2.75, 3.05) is 26.0 Å². The van der Waals surface area contributed by atoms with Crippen molar-refractivity contribution in [3.63, 3.8) is 0 Å². The Morgan fingerprint density at radius 2 is 1.84 bits per heavy atom. The second-order valence-electron chi connectivity index (χ2n) is 5.46. The Hall–Kier alpha value is -3.03. The number of benzene rings is 1. The summed E-state index contributed by atoms with van der Waals surface area (Å²) in [5.41, 5.74) is 0.497. The van der Waals surface area contributed by atoms with Gasteiger partial charge in [-0.2, -0.15) is 0 Å². The Morgan fingerprint density at radius 3 is 2.48 bits per heavy atom. The van der Waals surface area contributed by atoms with Crippen LogP contribution in [-0.4, -0.2) is 42.5 Å². The third-order valence-corrected chi connectivity index (χ3v) is 3.37. The van der Waals surface area contributed by atoms with Crippen molar-refractivity contribution in [1.82, 2.24) is 15.2 Å². The monoisotopic (exact) mass is 348 g/mol. The van der Waals surface area contributed by atoms with Gasteiger partial charge in [-0.3, -0.25) is 9.78 Å². The molecule has 8 heteroatoms. The summed E-state index contributed by atoms with van der Waals surface area (Å²) in [6, 6.07) is 6.04. The van der Waals surface area contributed by atoms with Crippen LogP contribution in [0.25, 0.3) is 0 Å². The van der Waals surface area contributed by atoms with E-state index < -0.39 is 17.7 Å². The molecule has 2 rings (SSSR count). The first-order chi connectivity index (χ1) is 11.9. The van der Waals surface area contributed by atoms with Crippen molar-refractivity contribution in [3.8, 4) is 0 Å². The van der Waals surface area contributed by atoms with Crippen LogP contribution >= 0.6 is 0 Å². The van der Waals surface area contributed by atoms with Gasteiger partial charge in [-0.25, -0.2) is 13.6 Å². The third-order valence-electron chi connectivity index (χ3n) is 3.37. The standard InChI is InChI=1S/C17H18F2N4O2/c1-23(2)16(24)15-10-11(6-8-20-15)22-17(25)21-9-7-12-13(18)4-3-5-14(12)19/h3-6,8,10H,7,9H2,1-2H3,(H2,20,21,22,25). The number of hydrogen-bond acceptors (Lipinski definition) is 3. The van der Waals surface area contributed by atoms with Gasteiger partial charge in [-0.15, -0.1) is 0 Å². The molecule has 0 aliphatic rings. The number of nitrogens with one attached hydrogen (secondary N) is 2. The van der Waals surface area contributed by atoms with Crippen LogP contribution in [0.1, 0.15) is 16.1 Å². The summed E-state index contributed by atoms with van der Waals surface area (Å²) < 4.78 is 27.0.